The average molecular weight is 327 g/mol. The zero-order chi connectivity index (χ0) is 17.5. The molecule has 4 heteroatoms. The van der Waals surface area contributed by atoms with E-state index in [1.807, 2.05) is 36.4 Å². The van der Waals surface area contributed by atoms with E-state index in [0.29, 0.717) is 11.4 Å². The van der Waals surface area contributed by atoms with E-state index in [-0.39, 0.29) is 0 Å². The fourth-order valence-electron chi connectivity index (χ4n) is 2.58. The summed E-state index contributed by atoms with van der Waals surface area (Å²) in [4.78, 5) is 0. The third-order valence-corrected chi connectivity index (χ3v) is 3.98. The fraction of sp³-hybridized carbons (Fsp3) is 0.300. The Kier molecular flexibility index (Phi) is 6.13. The summed E-state index contributed by atoms with van der Waals surface area (Å²) < 4.78 is 16.1. The van der Waals surface area contributed by atoms with Crippen molar-refractivity contribution >= 4 is 11.8 Å². The Morgan fingerprint density at radius 3 is 2.33 bits per heavy atom. The number of nitrogen functional groups attached to an aromatic ring is 1. The van der Waals surface area contributed by atoms with Gasteiger partial charge in [-0.3, -0.25) is 0 Å². The Labute approximate surface area is 143 Å². The van der Waals surface area contributed by atoms with Crippen molar-refractivity contribution in [3.05, 3.63) is 53.1 Å². The van der Waals surface area contributed by atoms with Crippen LogP contribution < -0.4 is 19.9 Å². The molecule has 0 amide bonds. The van der Waals surface area contributed by atoms with Gasteiger partial charge in [0, 0.05) is 5.56 Å². The summed E-state index contributed by atoms with van der Waals surface area (Å²) in [5, 5.41) is 0. The molecule has 0 spiro atoms. The molecule has 0 aliphatic rings. The van der Waals surface area contributed by atoms with Gasteiger partial charge < -0.3 is 19.9 Å². The van der Waals surface area contributed by atoms with E-state index in [1.165, 1.54) is 5.57 Å². The fourth-order valence-corrected chi connectivity index (χ4v) is 2.58. The third kappa shape index (κ3) is 4.22. The van der Waals surface area contributed by atoms with Crippen LogP contribution in [0.4, 0.5) is 5.69 Å². The number of hydrogen-bond donors (Lipinski definition) is 1. The van der Waals surface area contributed by atoms with E-state index in [0.717, 1.165) is 35.5 Å². The molecule has 2 aromatic rings. The normalized spacial score (nSPS) is 11.2. The first-order valence-electron chi connectivity index (χ1n) is 7.95. The number of allylic oxidation sites excluding steroid dienone is 1. The first-order valence-corrected chi connectivity index (χ1v) is 7.95. The molecule has 0 aliphatic carbocycles. The van der Waals surface area contributed by atoms with Crippen molar-refractivity contribution in [1.82, 2.24) is 0 Å². The zero-order valence-corrected chi connectivity index (χ0v) is 14.8. The number of hydrogen-bond acceptors (Lipinski definition) is 4. The first kappa shape index (κ1) is 17.7. The van der Waals surface area contributed by atoms with Gasteiger partial charge in [0.15, 0.2) is 0 Å². The molecular formula is C20H25NO3. The summed E-state index contributed by atoms with van der Waals surface area (Å²) in [7, 11) is 4.97. The van der Waals surface area contributed by atoms with Crippen LogP contribution in [0.25, 0.3) is 6.08 Å². The molecule has 4 nitrogen and oxygen atoms in total. The van der Waals surface area contributed by atoms with Gasteiger partial charge in [-0.05, 0) is 48.7 Å². The monoisotopic (exact) mass is 327 g/mol. The van der Waals surface area contributed by atoms with Gasteiger partial charge in [0.1, 0.15) is 17.2 Å². The number of anilines is 1. The topological polar surface area (TPSA) is 53.7 Å². The summed E-state index contributed by atoms with van der Waals surface area (Å²) in [6.07, 6.45) is 3.92. The van der Waals surface area contributed by atoms with Crippen molar-refractivity contribution in [1.29, 1.82) is 0 Å². The maximum absolute atomic E-state index is 5.89. The SMILES string of the molecule is CC/C(=C\c1cc(OC)ccc1OC)Cc1ccc(N)c(OC)c1. The molecule has 0 fully saturated rings. The van der Waals surface area contributed by atoms with E-state index < -0.39 is 0 Å². The van der Waals surface area contributed by atoms with E-state index in [1.54, 1.807) is 21.3 Å². The molecule has 0 saturated carbocycles. The van der Waals surface area contributed by atoms with Crippen molar-refractivity contribution in [2.45, 2.75) is 19.8 Å². The van der Waals surface area contributed by atoms with Crippen LogP contribution in [-0.2, 0) is 6.42 Å². The standard InChI is InChI=1S/C20H25NO3/c1-5-14(10-15-6-8-18(21)20(12-15)24-4)11-16-13-17(22-2)7-9-19(16)23-3/h6-9,11-13H,5,10,21H2,1-4H3/b14-11+. The van der Waals surface area contributed by atoms with Crippen LogP contribution in [0.1, 0.15) is 24.5 Å². The van der Waals surface area contributed by atoms with Gasteiger partial charge >= 0.3 is 0 Å². The maximum Gasteiger partial charge on any atom is 0.142 e. The van der Waals surface area contributed by atoms with Crippen LogP contribution >= 0.6 is 0 Å². The van der Waals surface area contributed by atoms with Gasteiger partial charge in [0.25, 0.3) is 0 Å². The summed E-state index contributed by atoms with van der Waals surface area (Å²) in [6, 6.07) is 11.7. The van der Waals surface area contributed by atoms with Crippen molar-refractivity contribution in [3.63, 3.8) is 0 Å². The zero-order valence-electron chi connectivity index (χ0n) is 14.8. The summed E-state index contributed by atoms with van der Waals surface area (Å²) >= 11 is 0. The first-order chi connectivity index (χ1) is 11.6. The van der Waals surface area contributed by atoms with Gasteiger partial charge in [-0.2, -0.15) is 0 Å². The lowest BCUT2D eigenvalue weighted by Crippen LogP contribution is -1.96. The smallest absolute Gasteiger partial charge is 0.142 e. The van der Waals surface area contributed by atoms with Gasteiger partial charge in [-0.15, -0.1) is 0 Å². The number of ether oxygens (including phenoxy) is 3. The summed E-state index contributed by atoms with van der Waals surface area (Å²) in [6.45, 7) is 2.15. The van der Waals surface area contributed by atoms with E-state index >= 15 is 0 Å². The van der Waals surface area contributed by atoms with Crippen molar-refractivity contribution in [3.8, 4) is 17.2 Å². The Morgan fingerprint density at radius 2 is 1.71 bits per heavy atom. The van der Waals surface area contributed by atoms with Crippen molar-refractivity contribution in [2.75, 3.05) is 27.1 Å². The third-order valence-electron chi connectivity index (χ3n) is 3.98. The minimum atomic E-state index is 0.651. The second kappa shape index (κ2) is 8.29. The molecule has 0 heterocycles. The van der Waals surface area contributed by atoms with Crippen LogP contribution in [-0.4, -0.2) is 21.3 Å². The molecule has 0 aromatic heterocycles. The van der Waals surface area contributed by atoms with Gasteiger partial charge in [0.2, 0.25) is 0 Å². The molecule has 0 saturated heterocycles. The van der Waals surface area contributed by atoms with E-state index in [2.05, 4.69) is 13.0 Å². The van der Waals surface area contributed by atoms with Crippen molar-refractivity contribution in [2.24, 2.45) is 0 Å². The second-order valence-electron chi connectivity index (χ2n) is 5.52. The number of nitrogens with two attached hydrogens (primary N) is 1. The molecule has 2 rings (SSSR count). The minimum absolute atomic E-state index is 0.651. The largest absolute Gasteiger partial charge is 0.497 e. The highest BCUT2D eigenvalue weighted by atomic mass is 16.5. The van der Waals surface area contributed by atoms with E-state index in [4.69, 9.17) is 19.9 Å². The highest BCUT2D eigenvalue weighted by Crippen LogP contribution is 2.29. The van der Waals surface area contributed by atoms with Crippen LogP contribution in [0.3, 0.4) is 0 Å². The predicted octanol–water partition coefficient (Wildman–Crippen LogP) is 4.33. The molecule has 0 radical (unpaired) electrons. The summed E-state index contributed by atoms with van der Waals surface area (Å²) in [5.41, 5.74) is 10.00. The molecule has 0 bridgehead atoms. The molecule has 128 valence electrons. The van der Waals surface area contributed by atoms with Crippen LogP contribution in [0.2, 0.25) is 0 Å². The summed E-state index contributed by atoms with van der Waals surface area (Å²) in [5.74, 6) is 2.35. The lowest BCUT2D eigenvalue weighted by molar-refractivity contribution is 0.402. The molecule has 0 unspecified atom stereocenters. The maximum atomic E-state index is 5.89. The van der Waals surface area contributed by atoms with Crippen LogP contribution in [0.5, 0.6) is 17.2 Å². The molecule has 2 aromatic carbocycles. The quantitative estimate of drug-likeness (QED) is 0.769. The predicted molar refractivity (Wildman–Crippen MR) is 98.9 cm³/mol. The molecule has 0 atom stereocenters. The minimum Gasteiger partial charge on any atom is -0.497 e. The van der Waals surface area contributed by atoms with Gasteiger partial charge in [-0.25, -0.2) is 0 Å². The van der Waals surface area contributed by atoms with Crippen molar-refractivity contribution < 1.29 is 14.2 Å². The molecule has 0 aliphatic heterocycles. The molecule has 24 heavy (non-hydrogen) atoms. The highest BCUT2D eigenvalue weighted by Gasteiger charge is 2.07. The van der Waals surface area contributed by atoms with E-state index in [9.17, 15) is 0 Å². The Balaban J connectivity index is 2.32. The number of rotatable bonds is 7. The molecular weight excluding hydrogens is 302 g/mol. The Bertz CT molecular complexity index is 723. The number of benzene rings is 2. The van der Waals surface area contributed by atoms with Gasteiger partial charge in [-0.1, -0.05) is 24.6 Å². The average Bonchev–Trinajstić information content (AvgIpc) is 2.62. The molecule has 2 N–H and O–H groups in total. The Morgan fingerprint density at radius 1 is 0.958 bits per heavy atom. The lowest BCUT2D eigenvalue weighted by atomic mass is 9.99. The van der Waals surface area contributed by atoms with Crippen LogP contribution in [0, 0.1) is 0 Å². The second-order valence-corrected chi connectivity index (χ2v) is 5.52. The number of methoxy groups -OCH3 is 3. The van der Waals surface area contributed by atoms with Gasteiger partial charge in [0.05, 0.1) is 27.0 Å². The Hall–Kier alpha value is -2.62. The van der Waals surface area contributed by atoms with Crippen LogP contribution in [0.15, 0.2) is 42.0 Å². The lowest BCUT2D eigenvalue weighted by Gasteiger charge is -2.11. The highest BCUT2D eigenvalue weighted by molar-refractivity contribution is 5.63.